The van der Waals surface area contributed by atoms with E-state index in [2.05, 4.69) is 9.80 Å². The third-order valence-electron chi connectivity index (χ3n) is 6.68. The Hall–Kier alpha value is -3.05. The van der Waals surface area contributed by atoms with Gasteiger partial charge in [0.25, 0.3) is 11.5 Å². The van der Waals surface area contributed by atoms with Gasteiger partial charge in [-0.1, -0.05) is 59.9 Å². The van der Waals surface area contributed by atoms with Crippen LogP contribution in [0.2, 0.25) is 0 Å². The van der Waals surface area contributed by atoms with Gasteiger partial charge in [0.05, 0.1) is 23.6 Å². The molecule has 1 aromatic carbocycles. The number of anilines is 1. The summed E-state index contributed by atoms with van der Waals surface area (Å²) < 4.78 is 2.01. The lowest BCUT2D eigenvalue weighted by atomic mass is 10.1. The largest absolute Gasteiger partial charge is 0.395 e. The third kappa shape index (κ3) is 5.33. The third-order valence-corrected chi connectivity index (χ3v) is 8.06. The van der Waals surface area contributed by atoms with Crippen LogP contribution in [0.4, 0.5) is 5.82 Å². The molecule has 10 heteroatoms. The predicted octanol–water partition coefficient (Wildman–Crippen LogP) is 2.83. The summed E-state index contributed by atoms with van der Waals surface area (Å²) in [5.41, 5.74) is 3.82. The average molecular weight is 536 g/mol. The summed E-state index contributed by atoms with van der Waals surface area (Å²) in [5.74, 6) is 0.365. The lowest BCUT2D eigenvalue weighted by molar-refractivity contribution is -0.122. The molecule has 0 aliphatic carbocycles. The van der Waals surface area contributed by atoms with Crippen LogP contribution in [-0.4, -0.2) is 73.8 Å². The first-order valence-corrected chi connectivity index (χ1v) is 13.5. The fourth-order valence-corrected chi connectivity index (χ4v) is 5.82. The van der Waals surface area contributed by atoms with Gasteiger partial charge in [0.1, 0.15) is 15.8 Å². The standard InChI is InChI=1S/C27H29N5O3S2/c1-18-3-6-20(7-4-18)17-32-26(35)22(37-27(32)36)15-21-24(30-11-9-29(10-12-30)13-14-33)28-23-8-5-19(2)16-31(23)25(21)34/h3-8,15-16,33H,9-14,17H2,1-2H3. The first-order valence-electron chi connectivity index (χ1n) is 12.3. The highest BCUT2D eigenvalue weighted by molar-refractivity contribution is 8.26. The first kappa shape index (κ1) is 25.6. The Morgan fingerprint density at radius 1 is 1.03 bits per heavy atom. The monoisotopic (exact) mass is 535 g/mol. The van der Waals surface area contributed by atoms with E-state index in [9.17, 15) is 14.7 Å². The molecule has 1 N–H and O–H groups in total. The van der Waals surface area contributed by atoms with E-state index in [-0.39, 0.29) is 18.1 Å². The number of aliphatic hydroxyl groups is 1. The van der Waals surface area contributed by atoms with Crippen molar-refractivity contribution >= 4 is 51.7 Å². The molecular weight excluding hydrogens is 506 g/mol. The Labute approximate surface area is 225 Å². The van der Waals surface area contributed by atoms with Crippen molar-refractivity contribution in [2.45, 2.75) is 20.4 Å². The Morgan fingerprint density at radius 2 is 1.73 bits per heavy atom. The highest BCUT2D eigenvalue weighted by Gasteiger charge is 2.33. The number of β-amino-alcohol motifs (C(OH)–C–C–N with tert-alkyl or cyclic N) is 1. The zero-order chi connectivity index (χ0) is 26.1. The van der Waals surface area contributed by atoms with Gasteiger partial charge < -0.3 is 10.0 Å². The van der Waals surface area contributed by atoms with Crippen molar-refractivity contribution in [3.8, 4) is 0 Å². The molecule has 2 fully saturated rings. The summed E-state index contributed by atoms with van der Waals surface area (Å²) >= 11 is 6.77. The molecule has 5 rings (SSSR count). The molecule has 2 aliphatic heterocycles. The minimum atomic E-state index is -0.217. The summed E-state index contributed by atoms with van der Waals surface area (Å²) in [7, 11) is 0. The molecule has 1 amide bonds. The zero-order valence-corrected chi connectivity index (χ0v) is 22.5. The Kier molecular flexibility index (Phi) is 7.43. The van der Waals surface area contributed by atoms with Gasteiger partial charge in [0.15, 0.2) is 0 Å². The number of amides is 1. The number of aliphatic hydroxyl groups excluding tert-OH is 1. The molecule has 192 valence electrons. The minimum absolute atomic E-state index is 0.116. The number of thiocarbonyl (C=S) groups is 1. The van der Waals surface area contributed by atoms with E-state index in [1.165, 1.54) is 11.8 Å². The molecule has 0 radical (unpaired) electrons. The van der Waals surface area contributed by atoms with Gasteiger partial charge in [-0.05, 0) is 37.1 Å². The van der Waals surface area contributed by atoms with Crippen molar-refractivity contribution < 1.29 is 9.90 Å². The van der Waals surface area contributed by atoms with E-state index < -0.39 is 0 Å². The zero-order valence-electron chi connectivity index (χ0n) is 20.9. The van der Waals surface area contributed by atoms with Gasteiger partial charge in [0, 0.05) is 38.9 Å². The second-order valence-electron chi connectivity index (χ2n) is 9.39. The van der Waals surface area contributed by atoms with Crippen LogP contribution in [0.25, 0.3) is 11.7 Å². The molecule has 2 saturated heterocycles. The number of nitrogens with zero attached hydrogens (tertiary/aromatic N) is 5. The molecule has 0 bridgehead atoms. The number of carbonyl (C=O) groups excluding carboxylic acids is 1. The number of rotatable bonds is 6. The van der Waals surface area contributed by atoms with E-state index >= 15 is 0 Å². The number of aryl methyl sites for hydroxylation is 2. The van der Waals surface area contributed by atoms with E-state index in [0.29, 0.717) is 52.4 Å². The van der Waals surface area contributed by atoms with Gasteiger partial charge in [0.2, 0.25) is 0 Å². The molecule has 0 unspecified atom stereocenters. The minimum Gasteiger partial charge on any atom is -0.395 e. The SMILES string of the molecule is Cc1ccc(CN2C(=O)C(=Cc3c(N4CCN(CCO)CC4)nc4ccc(C)cn4c3=O)SC2=S)cc1. The van der Waals surface area contributed by atoms with Crippen molar-refractivity contribution in [2.75, 3.05) is 44.2 Å². The highest BCUT2D eigenvalue weighted by Crippen LogP contribution is 2.34. The second-order valence-corrected chi connectivity index (χ2v) is 11.1. The van der Waals surface area contributed by atoms with Gasteiger partial charge in [-0.15, -0.1) is 0 Å². The smallest absolute Gasteiger partial charge is 0.267 e. The van der Waals surface area contributed by atoms with Gasteiger partial charge in [-0.2, -0.15) is 0 Å². The van der Waals surface area contributed by atoms with Gasteiger partial charge >= 0.3 is 0 Å². The fraction of sp³-hybridized carbons (Fsp3) is 0.333. The number of hydrogen-bond donors (Lipinski definition) is 1. The van der Waals surface area contributed by atoms with Crippen LogP contribution < -0.4 is 10.5 Å². The van der Waals surface area contributed by atoms with Crippen LogP contribution in [0.3, 0.4) is 0 Å². The maximum absolute atomic E-state index is 13.7. The number of pyridine rings is 1. The lowest BCUT2D eigenvalue weighted by Gasteiger charge is -2.35. The summed E-state index contributed by atoms with van der Waals surface area (Å²) in [4.78, 5) is 38.3. The molecule has 2 aliphatic rings. The second kappa shape index (κ2) is 10.7. The van der Waals surface area contributed by atoms with Crippen molar-refractivity contribution in [1.29, 1.82) is 0 Å². The number of hydrogen-bond acceptors (Lipinski definition) is 8. The van der Waals surface area contributed by atoms with E-state index in [0.717, 1.165) is 29.8 Å². The number of carbonyl (C=O) groups is 1. The topological polar surface area (TPSA) is 81.4 Å². The summed E-state index contributed by atoms with van der Waals surface area (Å²) in [6, 6.07) is 11.8. The molecule has 3 aromatic rings. The average Bonchev–Trinajstić information content (AvgIpc) is 3.15. The van der Waals surface area contributed by atoms with Gasteiger partial charge in [-0.3, -0.25) is 23.8 Å². The van der Waals surface area contributed by atoms with Crippen molar-refractivity contribution in [1.82, 2.24) is 19.2 Å². The van der Waals surface area contributed by atoms with Crippen LogP contribution >= 0.6 is 24.0 Å². The molecule has 4 heterocycles. The molecule has 0 atom stereocenters. The van der Waals surface area contributed by atoms with E-state index in [1.54, 1.807) is 21.6 Å². The van der Waals surface area contributed by atoms with Crippen LogP contribution in [0.1, 0.15) is 22.3 Å². The summed E-state index contributed by atoms with van der Waals surface area (Å²) in [6.45, 7) is 7.93. The number of thioether (sulfide) groups is 1. The van der Waals surface area contributed by atoms with Gasteiger partial charge in [-0.25, -0.2) is 4.98 Å². The molecular formula is C27H29N5O3S2. The maximum atomic E-state index is 13.7. The number of piperazine rings is 1. The number of fused-ring (bicyclic) bond motifs is 1. The van der Waals surface area contributed by atoms with Crippen LogP contribution in [0, 0.1) is 13.8 Å². The molecule has 8 nitrogen and oxygen atoms in total. The number of aromatic nitrogens is 2. The Bertz CT molecular complexity index is 1440. The predicted molar refractivity (Wildman–Crippen MR) is 152 cm³/mol. The molecule has 2 aromatic heterocycles. The van der Waals surface area contributed by atoms with Crippen molar-refractivity contribution in [2.24, 2.45) is 0 Å². The van der Waals surface area contributed by atoms with Crippen LogP contribution in [0.15, 0.2) is 52.3 Å². The molecule has 0 spiro atoms. The number of benzene rings is 1. The fourth-order valence-electron chi connectivity index (χ4n) is 4.58. The van der Waals surface area contributed by atoms with E-state index in [1.807, 2.05) is 50.2 Å². The highest BCUT2D eigenvalue weighted by atomic mass is 32.2. The summed E-state index contributed by atoms with van der Waals surface area (Å²) in [5, 5.41) is 9.29. The van der Waals surface area contributed by atoms with Crippen molar-refractivity contribution in [3.05, 3.63) is 80.1 Å². The Balaban J connectivity index is 1.52. The first-order chi connectivity index (χ1) is 17.8. The van der Waals surface area contributed by atoms with Crippen molar-refractivity contribution in [3.63, 3.8) is 0 Å². The van der Waals surface area contributed by atoms with E-state index in [4.69, 9.17) is 17.2 Å². The van der Waals surface area contributed by atoms with Crippen LogP contribution in [-0.2, 0) is 11.3 Å². The lowest BCUT2D eigenvalue weighted by Crippen LogP contribution is -2.48. The normalized spacial score (nSPS) is 18.0. The summed E-state index contributed by atoms with van der Waals surface area (Å²) in [6.07, 6.45) is 3.43. The Morgan fingerprint density at radius 3 is 2.43 bits per heavy atom. The maximum Gasteiger partial charge on any atom is 0.267 e. The quantitative estimate of drug-likeness (QED) is 0.381. The molecule has 37 heavy (non-hydrogen) atoms. The molecule has 0 saturated carbocycles. The van der Waals surface area contributed by atoms with Crippen LogP contribution in [0.5, 0.6) is 0 Å².